The molecule has 0 aliphatic rings. The molecule has 0 radical (unpaired) electrons. The number of nitrogens with zero attached hydrogens (tertiary/aromatic N) is 1. The van der Waals surface area contributed by atoms with Gasteiger partial charge in [0.2, 0.25) is 5.89 Å². The summed E-state index contributed by atoms with van der Waals surface area (Å²) in [6, 6.07) is 0. The van der Waals surface area contributed by atoms with Crippen LogP contribution in [0.2, 0.25) is 0 Å². The van der Waals surface area contributed by atoms with Crippen molar-refractivity contribution in [3.63, 3.8) is 0 Å². The van der Waals surface area contributed by atoms with Crippen LogP contribution in [-0.2, 0) is 0 Å². The summed E-state index contributed by atoms with van der Waals surface area (Å²) in [4.78, 5) is 9.92. The molecular weight excluding hydrogens is 162 g/mol. The van der Waals surface area contributed by atoms with Crippen molar-refractivity contribution in [3.8, 4) is 0 Å². The fraction of sp³-hybridized carbons (Fsp3) is 0.500. The van der Waals surface area contributed by atoms with Gasteiger partial charge in [-0.1, -0.05) is 0 Å². The van der Waals surface area contributed by atoms with Gasteiger partial charge in [-0.25, -0.2) is 4.79 Å². The van der Waals surface area contributed by atoms with Crippen LogP contribution in [0.4, 0.5) is 0 Å². The van der Waals surface area contributed by atoms with Gasteiger partial charge in [-0.15, -0.1) is 11.6 Å². The molecule has 0 saturated heterocycles. The van der Waals surface area contributed by atoms with E-state index in [-0.39, 0.29) is 5.38 Å². The van der Waals surface area contributed by atoms with Crippen molar-refractivity contribution in [2.24, 2.45) is 0 Å². The highest BCUT2D eigenvalue weighted by Gasteiger charge is 2.07. The lowest BCUT2D eigenvalue weighted by Crippen LogP contribution is -1.85. The molecule has 1 atom stereocenters. The molecule has 0 amide bonds. The molecule has 3 nitrogen and oxygen atoms in total. The third kappa shape index (κ3) is 1.53. The second-order valence-electron chi connectivity index (χ2n) is 1.49. The van der Waals surface area contributed by atoms with Crippen LogP contribution >= 0.6 is 23.1 Å². The highest BCUT2D eigenvalue weighted by atomic mass is 35.5. The molecule has 1 heterocycles. The fourth-order valence-electron chi connectivity index (χ4n) is 0.359. The van der Waals surface area contributed by atoms with Gasteiger partial charge in [0.1, 0.15) is 5.38 Å². The Labute approximate surface area is 60.4 Å². The first-order chi connectivity index (χ1) is 4.20. The van der Waals surface area contributed by atoms with E-state index < -0.39 is 4.94 Å². The zero-order valence-electron chi connectivity index (χ0n) is 4.63. The van der Waals surface area contributed by atoms with Gasteiger partial charge in [0, 0.05) is 11.5 Å². The van der Waals surface area contributed by atoms with Crippen molar-refractivity contribution >= 4 is 23.1 Å². The lowest BCUT2D eigenvalue weighted by Gasteiger charge is -1.88. The Bertz CT molecular complexity index is 241. The lowest BCUT2D eigenvalue weighted by molar-refractivity contribution is 0.469. The topological polar surface area (TPSA) is 43.1 Å². The Hall–Kier alpha value is -0.350. The maximum Gasteiger partial charge on any atom is 0.414 e. The zero-order chi connectivity index (χ0) is 6.85. The third-order valence-electron chi connectivity index (χ3n) is 0.738. The maximum atomic E-state index is 10.3. The molecule has 0 spiro atoms. The van der Waals surface area contributed by atoms with Gasteiger partial charge in [-0.2, -0.15) is 4.37 Å². The summed E-state index contributed by atoms with van der Waals surface area (Å²) in [7, 11) is 0. The zero-order valence-corrected chi connectivity index (χ0v) is 6.20. The van der Waals surface area contributed by atoms with Crippen LogP contribution in [0.15, 0.2) is 9.21 Å². The van der Waals surface area contributed by atoms with Crippen LogP contribution in [-0.4, -0.2) is 4.37 Å². The normalized spacial score (nSPS) is 13.6. The summed E-state index contributed by atoms with van der Waals surface area (Å²) >= 11 is 6.30. The van der Waals surface area contributed by atoms with E-state index in [1.54, 1.807) is 6.92 Å². The molecule has 1 unspecified atom stereocenters. The van der Waals surface area contributed by atoms with Crippen LogP contribution in [0, 0.1) is 0 Å². The van der Waals surface area contributed by atoms with Crippen molar-refractivity contribution in [1.82, 2.24) is 4.37 Å². The highest BCUT2D eigenvalue weighted by Crippen LogP contribution is 2.15. The van der Waals surface area contributed by atoms with E-state index in [4.69, 9.17) is 11.6 Å². The van der Waals surface area contributed by atoms with Gasteiger partial charge >= 0.3 is 4.94 Å². The predicted octanol–water partition coefficient (Wildman–Crippen LogP) is 1.40. The summed E-state index contributed by atoms with van der Waals surface area (Å²) in [6.45, 7) is 1.69. The summed E-state index contributed by atoms with van der Waals surface area (Å²) in [5.74, 6) is 0.298. The quantitative estimate of drug-likeness (QED) is 0.591. The van der Waals surface area contributed by atoms with Gasteiger partial charge in [0.15, 0.2) is 0 Å². The molecule has 0 aliphatic carbocycles. The molecule has 0 aromatic carbocycles. The number of hydrogen-bond donors (Lipinski definition) is 0. The average molecular weight is 166 g/mol. The summed E-state index contributed by atoms with van der Waals surface area (Å²) in [5.41, 5.74) is 0. The Morgan fingerprint density at radius 1 is 1.89 bits per heavy atom. The summed E-state index contributed by atoms with van der Waals surface area (Å²) in [6.07, 6.45) is 0. The van der Waals surface area contributed by atoms with E-state index in [0.29, 0.717) is 5.89 Å². The average Bonchev–Trinajstić information content (AvgIpc) is 2.14. The number of hydrogen-bond acceptors (Lipinski definition) is 4. The Kier molecular flexibility index (Phi) is 1.87. The molecule has 1 aromatic rings. The maximum absolute atomic E-state index is 10.3. The number of aromatic nitrogens is 1. The van der Waals surface area contributed by atoms with Crippen molar-refractivity contribution < 1.29 is 4.42 Å². The summed E-state index contributed by atoms with van der Waals surface area (Å²) < 4.78 is 8.21. The Morgan fingerprint density at radius 3 is 2.78 bits per heavy atom. The van der Waals surface area contributed by atoms with Gasteiger partial charge in [0.25, 0.3) is 0 Å². The van der Waals surface area contributed by atoms with Crippen LogP contribution in [0.1, 0.15) is 18.2 Å². The largest absolute Gasteiger partial charge is 0.414 e. The molecule has 0 saturated carbocycles. The van der Waals surface area contributed by atoms with Crippen LogP contribution in [0.5, 0.6) is 0 Å². The standard InChI is InChI=1S/C4H4ClNO2S/c1-2(5)3-6-9-4(7)8-3/h2H,1H3. The second-order valence-corrected chi connectivity index (χ2v) is 2.84. The van der Waals surface area contributed by atoms with Crippen LogP contribution in [0.3, 0.4) is 0 Å². The SMILES string of the molecule is CC(Cl)c1nsc(=O)o1. The van der Waals surface area contributed by atoms with E-state index in [1.165, 1.54) is 0 Å². The predicted molar refractivity (Wildman–Crippen MR) is 34.9 cm³/mol. The van der Waals surface area contributed by atoms with Crippen molar-refractivity contribution in [3.05, 3.63) is 15.6 Å². The molecule has 1 rings (SSSR count). The molecule has 9 heavy (non-hydrogen) atoms. The monoisotopic (exact) mass is 165 g/mol. The van der Waals surface area contributed by atoms with E-state index in [1.807, 2.05) is 0 Å². The van der Waals surface area contributed by atoms with E-state index >= 15 is 0 Å². The van der Waals surface area contributed by atoms with Crippen LogP contribution < -0.4 is 4.94 Å². The minimum Gasteiger partial charge on any atom is -0.397 e. The minimum atomic E-state index is -0.405. The Morgan fingerprint density at radius 2 is 2.56 bits per heavy atom. The number of alkyl halides is 1. The molecule has 0 N–H and O–H groups in total. The molecule has 5 heteroatoms. The van der Waals surface area contributed by atoms with E-state index in [0.717, 1.165) is 11.5 Å². The first kappa shape index (κ1) is 6.77. The smallest absolute Gasteiger partial charge is 0.397 e. The van der Waals surface area contributed by atoms with Gasteiger partial charge < -0.3 is 4.42 Å². The second kappa shape index (κ2) is 2.49. The van der Waals surface area contributed by atoms with Gasteiger partial charge in [0.05, 0.1) is 0 Å². The lowest BCUT2D eigenvalue weighted by atomic mass is 10.5. The highest BCUT2D eigenvalue weighted by molar-refractivity contribution is 7.02. The Balaban J connectivity index is 2.98. The van der Waals surface area contributed by atoms with Crippen molar-refractivity contribution in [2.45, 2.75) is 12.3 Å². The third-order valence-corrected chi connectivity index (χ3v) is 1.43. The van der Waals surface area contributed by atoms with Gasteiger partial charge in [-0.3, -0.25) is 0 Å². The minimum absolute atomic E-state index is 0.298. The summed E-state index contributed by atoms with van der Waals surface area (Å²) in [5, 5.41) is -0.316. The molecule has 0 fully saturated rings. The molecular formula is C4H4ClNO2S. The van der Waals surface area contributed by atoms with E-state index in [9.17, 15) is 4.79 Å². The fourth-order valence-corrected chi connectivity index (χ4v) is 0.992. The first-order valence-electron chi connectivity index (χ1n) is 2.31. The number of rotatable bonds is 1. The van der Waals surface area contributed by atoms with Crippen molar-refractivity contribution in [1.29, 1.82) is 0 Å². The van der Waals surface area contributed by atoms with Gasteiger partial charge in [-0.05, 0) is 6.92 Å². The van der Waals surface area contributed by atoms with Crippen LogP contribution in [0.25, 0.3) is 0 Å². The van der Waals surface area contributed by atoms with E-state index in [2.05, 4.69) is 8.79 Å². The molecule has 0 bridgehead atoms. The first-order valence-corrected chi connectivity index (χ1v) is 3.52. The molecule has 0 aliphatic heterocycles. The van der Waals surface area contributed by atoms with Crippen molar-refractivity contribution in [2.75, 3.05) is 0 Å². The molecule has 1 aromatic heterocycles. The number of halogens is 1. The molecule has 50 valence electrons.